The normalized spacial score (nSPS) is 13.2. The van der Waals surface area contributed by atoms with Crippen molar-refractivity contribution in [3.63, 3.8) is 0 Å². The Kier molecular flexibility index (Phi) is 8.89. The van der Waals surface area contributed by atoms with Gasteiger partial charge in [-0.1, -0.05) is 44.7 Å². The molecule has 2 N–H and O–H groups in total. The first kappa shape index (κ1) is 29.2. The summed E-state index contributed by atoms with van der Waals surface area (Å²) < 4.78 is 2.01. The minimum atomic E-state index is -0.0115. The first-order valence-electron chi connectivity index (χ1n) is 14.4. The van der Waals surface area contributed by atoms with Crippen LogP contribution in [0.1, 0.15) is 25.0 Å². The number of nitrogens with zero attached hydrogens (tertiary/aromatic N) is 7. The van der Waals surface area contributed by atoms with Crippen LogP contribution < -0.4 is 5.73 Å². The van der Waals surface area contributed by atoms with Crippen LogP contribution in [-0.2, 0) is 11.3 Å². The molecule has 9 nitrogen and oxygen atoms in total. The van der Waals surface area contributed by atoms with Gasteiger partial charge in [0.2, 0.25) is 5.91 Å². The molecule has 1 amide bonds. The van der Waals surface area contributed by atoms with Gasteiger partial charge in [-0.3, -0.25) is 14.3 Å². The van der Waals surface area contributed by atoms with Crippen molar-refractivity contribution >= 4 is 22.9 Å². The van der Waals surface area contributed by atoms with E-state index in [4.69, 9.17) is 15.7 Å². The molecule has 0 aliphatic carbocycles. The van der Waals surface area contributed by atoms with Crippen molar-refractivity contribution in [2.24, 2.45) is 0 Å². The van der Waals surface area contributed by atoms with Crippen LogP contribution >= 0.6 is 0 Å². The number of aromatic nitrogens is 4. The van der Waals surface area contributed by atoms with Gasteiger partial charge in [-0.15, -0.1) is 0 Å². The van der Waals surface area contributed by atoms with Crippen molar-refractivity contribution < 1.29 is 4.79 Å². The summed E-state index contributed by atoms with van der Waals surface area (Å²) in [5, 5.41) is 9.17. The predicted molar refractivity (Wildman–Crippen MR) is 170 cm³/mol. The average molecular weight is 571 g/mol. The van der Waals surface area contributed by atoms with Gasteiger partial charge >= 0.3 is 0 Å². The van der Waals surface area contributed by atoms with E-state index >= 15 is 0 Å². The van der Waals surface area contributed by atoms with Crippen LogP contribution in [0.3, 0.4) is 0 Å². The number of hydrogen-bond donors (Lipinski definition) is 1. The van der Waals surface area contributed by atoms with Crippen LogP contribution in [0.4, 0.5) is 5.82 Å². The molecule has 43 heavy (non-hydrogen) atoms. The number of anilines is 1. The van der Waals surface area contributed by atoms with Crippen molar-refractivity contribution in [1.29, 1.82) is 5.26 Å². The van der Waals surface area contributed by atoms with Crippen LogP contribution in [0, 0.1) is 11.3 Å². The third-order valence-corrected chi connectivity index (χ3v) is 7.35. The van der Waals surface area contributed by atoms with Crippen molar-refractivity contribution in [2.45, 2.75) is 20.4 Å². The second-order valence-electron chi connectivity index (χ2n) is 9.91. The number of carbonyl (C=O) groups is 1. The van der Waals surface area contributed by atoms with Gasteiger partial charge in [-0.2, -0.15) is 5.26 Å². The molecule has 1 fully saturated rings. The van der Waals surface area contributed by atoms with E-state index < -0.39 is 0 Å². The number of nitrogen functional groups attached to an aromatic ring is 1. The highest BCUT2D eigenvalue weighted by atomic mass is 16.2. The summed E-state index contributed by atoms with van der Waals surface area (Å²) in [6, 6.07) is 25.5. The lowest BCUT2D eigenvalue weighted by molar-refractivity contribution is -0.127. The van der Waals surface area contributed by atoms with Crippen LogP contribution in [0.5, 0.6) is 0 Å². The smallest absolute Gasteiger partial charge is 0.246 e. The number of hydrogen-bond acceptors (Lipinski definition) is 7. The summed E-state index contributed by atoms with van der Waals surface area (Å²) in [5.41, 5.74) is 12.8. The third kappa shape index (κ3) is 6.15. The van der Waals surface area contributed by atoms with Crippen molar-refractivity contribution in [2.75, 3.05) is 31.9 Å². The summed E-state index contributed by atoms with van der Waals surface area (Å²) >= 11 is 0. The van der Waals surface area contributed by atoms with Gasteiger partial charge in [0, 0.05) is 50.2 Å². The SMILES string of the molecule is C=CC(=O)N1CCN(Cc2ccc(-n3c(-c4cccnc4N)nc4ccc(-c5ccc(C#N)cc5)nc43)cc2)CC1.CC. The Bertz CT molecular complexity index is 1780. The summed E-state index contributed by atoms with van der Waals surface area (Å²) in [6.45, 7) is 11.4. The number of nitrogens with two attached hydrogens (primary N) is 1. The van der Waals surface area contributed by atoms with Gasteiger partial charge < -0.3 is 10.6 Å². The number of carbonyl (C=O) groups excluding carboxylic acids is 1. The molecular formula is C34H34N8O. The molecule has 3 aromatic heterocycles. The third-order valence-electron chi connectivity index (χ3n) is 7.35. The monoisotopic (exact) mass is 570 g/mol. The Labute approximate surface area is 251 Å². The summed E-state index contributed by atoms with van der Waals surface area (Å²) in [5.74, 6) is 1.04. The maximum Gasteiger partial charge on any atom is 0.246 e. The molecule has 0 atom stereocenters. The number of pyridine rings is 2. The molecule has 2 aromatic carbocycles. The number of rotatable bonds is 6. The van der Waals surface area contributed by atoms with E-state index in [9.17, 15) is 10.1 Å². The van der Waals surface area contributed by atoms with Gasteiger partial charge in [0.1, 0.15) is 11.3 Å². The highest BCUT2D eigenvalue weighted by Gasteiger charge is 2.21. The first-order chi connectivity index (χ1) is 21.0. The van der Waals surface area contributed by atoms with Gasteiger partial charge in [0.15, 0.2) is 11.5 Å². The van der Waals surface area contributed by atoms with Gasteiger partial charge in [0.05, 0.1) is 22.9 Å². The highest BCUT2D eigenvalue weighted by molar-refractivity contribution is 5.87. The van der Waals surface area contributed by atoms with Crippen LogP contribution in [0.2, 0.25) is 0 Å². The molecule has 4 heterocycles. The highest BCUT2D eigenvalue weighted by Crippen LogP contribution is 2.32. The zero-order chi connectivity index (χ0) is 30.3. The quantitative estimate of drug-likeness (QED) is 0.270. The molecule has 1 aliphatic heterocycles. The zero-order valence-electron chi connectivity index (χ0n) is 24.4. The number of benzene rings is 2. The van der Waals surface area contributed by atoms with Crippen LogP contribution in [-0.4, -0.2) is 61.4 Å². The molecule has 9 heteroatoms. The zero-order valence-corrected chi connectivity index (χ0v) is 24.4. The molecule has 1 saturated heterocycles. The lowest BCUT2D eigenvalue weighted by atomic mass is 10.1. The maximum atomic E-state index is 11.9. The number of imidazole rings is 1. The topological polar surface area (TPSA) is 117 Å². The lowest BCUT2D eigenvalue weighted by Gasteiger charge is -2.34. The second-order valence-corrected chi connectivity index (χ2v) is 9.91. The first-order valence-corrected chi connectivity index (χ1v) is 14.4. The maximum absolute atomic E-state index is 11.9. The van der Waals surface area contributed by atoms with Crippen LogP contribution in [0.15, 0.2) is 91.6 Å². The van der Waals surface area contributed by atoms with E-state index in [1.165, 1.54) is 11.6 Å². The minimum absolute atomic E-state index is 0.0115. The Morgan fingerprint density at radius 1 is 0.977 bits per heavy atom. The Balaban J connectivity index is 0.00000180. The fourth-order valence-corrected chi connectivity index (χ4v) is 5.13. The van der Waals surface area contributed by atoms with E-state index in [0.29, 0.717) is 35.9 Å². The van der Waals surface area contributed by atoms with Gasteiger partial charge in [-0.05, 0) is 60.2 Å². The molecular weight excluding hydrogens is 536 g/mol. The minimum Gasteiger partial charge on any atom is -0.383 e. The Hall–Kier alpha value is -5.33. The van der Waals surface area contributed by atoms with Gasteiger partial charge in [0.25, 0.3) is 0 Å². The Morgan fingerprint density at radius 2 is 1.70 bits per heavy atom. The summed E-state index contributed by atoms with van der Waals surface area (Å²) in [7, 11) is 0. The van der Waals surface area contributed by atoms with E-state index in [1.54, 1.807) is 18.3 Å². The standard InChI is InChI=1S/C32H28N8O.C2H6/c1-2-29(41)39-18-16-38(17-19-39)21-23-7-11-25(12-8-23)40-31(26-4-3-15-35-30(26)34)37-28-14-13-27(36-32(28)40)24-9-5-22(20-33)6-10-24;1-2/h2-15H,1,16-19,21H2,(H2,34,35);1-2H3. The molecule has 1 aliphatic rings. The number of nitriles is 1. The number of piperazine rings is 1. The molecule has 6 rings (SSSR count). The average Bonchev–Trinajstić information content (AvgIpc) is 3.45. The van der Waals surface area contributed by atoms with E-state index in [1.807, 2.05) is 59.7 Å². The fourth-order valence-electron chi connectivity index (χ4n) is 5.13. The Morgan fingerprint density at radius 3 is 2.35 bits per heavy atom. The van der Waals surface area contributed by atoms with E-state index in [-0.39, 0.29) is 5.91 Å². The number of fused-ring (bicyclic) bond motifs is 1. The van der Waals surface area contributed by atoms with Crippen molar-refractivity contribution in [1.82, 2.24) is 29.3 Å². The number of amides is 1. The second kappa shape index (κ2) is 13.1. The molecule has 5 aromatic rings. The van der Waals surface area contributed by atoms with E-state index in [2.05, 4.69) is 46.8 Å². The molecule has 0 radical (unpaired) electrons. The predicted octanol–water partition coefficient (Wildman–Crippen LogP) is 5.46. The summed E-state index contributed by atoms with van der Waals surface area (Å²) in [4.78, 5) is 30.3. The molecule has 0 spiro atoms. The summed E-state index contributed by atoms with van der Waals surface area (Å²) in [6.07, 6.45) is 3.04. The van der Waals surface area contributed by atoms with Crippen molar-refractivity contribution in [3.05, 3.63) is 103 Å². The molecule has 0 unspecified atom stereocenters. The van der Waals surface area contributed by atoms with Crippen LogP contribution in [0.25, 0.3) is 39.5 Å². The molecule has 216 valence electrons. The van der Waals surface area contributed by atoms with E-state index in [0.717, 1.165) is 47.7 Å². The molecule has 0 saturated carbocycles. The fraction of sp³-hybridized carbons (Fsp3) is 0.206. The lowest BCUT2D eigenvalue weighted by Crippen LogP contribution is -2.47. The molecule has 0 bridgehead atoms. The van der Waals surface area contributed by atoms with Crippen molar-refractivity contribution in [3.8, 4) is 34.4 Å². The largest absolute Gasteiger partial charge is 0.383 e. The van der Waals surface area contributed by atoms with Gasteiger partial charge in [-0.25, -0.2) is 15.0 Å².